The summed E-state index contributed by atoms with van der Waals surface area (Å²) in [7, 11) is 9.87. The van der Waals surface area contributed by atoms with Crippen molar-refractivity contribution >= 4 is 29.0 Å². The van der Waals surface area contributed by atoms with Crippen molar-refractivity contribution in [2.45, 2.75) is 26.7 Å². The number of esters is 2. The van der Waals surface area contributed by atoms with Gasteiger partial charge in [-0.25, -0.2) is 22.4 Å². The molecule has 0 spiro atoms. The van der Waals surface area contributed by atoms with E-state index in [1.165, 1.54) is 0 Å². The minimum atomic E-state index is -0.826. The first-order chi connectivity index (χ1) is 11.6. The third-order valence-electron chi connectivity index (χ3n) is 2.41. The van der Waals surface area contributed by atoms with Crippen molar-refractivity contribution in [1.29, 1.82) is 0 Å². The summed E-state index contributed by atoms with van der Waals surface area (Å²) in [4.78, 5) is 21.6. The molecule has 0 fully saturated rings. The van der Waals surface area contributed by atoms with Crippen molar-refractivity contribution in [2.75, 3.05) is 13.2 Å². The molecule has 0 saturated heterocycles. The van der Waals surface area contributed by atoms with E-state index in [0.29, 0.717) is 37.2 Å². The summed E-state index contributed by atoms with van der Waals surface area (Å²) in [5.74, 6) is -0.546. The molecule has 0 amide bonds. The van der Waals surface area contributed by atoms with Gasteiger partial charge >= 0.3 is 49.8 Å². The van der Waals surface area contributed by atoms with E-state index in [2.05, 4.69) is 40.9 Å². The molecular weight excluding hydrogens is 442 g/mol. The summed E-state index contributed by atoms with van der Waals surface area (Å²) < 4.78 is 9.63. The van der Waals surface area contributed by atoms with Crippen molar-refractivity contribution in [2.24, 2.45) is 11.8 Å². The Morgan fingerprint density at radius 3 is 1.32 bits per heavy atom. The zero-order chi connectivity index (χ0) is 20.4. The van der Waals surface area contributed by atoms with Crippen LogP contribution in [-0.2, 0) is 39.9 Å². The van der Waals surface area contributed by atoms with Gasteiger partial charge in [0.2, 0.25) is 0 Å². The normalized spacial score (nSPS) is 11.4. The van der Waals surface area contributed by atoms with E-state index >= 15 is 0 Å². The van der Waals surface area contributed by atoms with Crippen molar-refractivity contribution in [3.8, 4) is 0 Å². The van der Waals surface area contributed by atoms with E-state index in [0.717, 1.165) is 0 Å². The molecule has 0 aliphatic carbocycles. The quantitative estimate of drug-likeness (QED) is 0.287. The molecule has 0 aliphatic rings. The summed E-state index contributed by atoms with van der Waals surface area (Å²) in [5, 5.41) is 0. The van der Waals surface area contributed by atoms with Crippen molar-refractivity contribution < 1.29 is 39.9 Å². The zero-order valence-corrected chi connectivity index (χ0v) is 19.1. The van der Waals surface area contributed by atoms with Crippen LogP contribution < -0.4 is 0 Å². The number of carbonyl (C=O) groups is 2. The van der Waals surface area contributed by atoms with Crippen LogP contribution >= 0.6 is 17.0 Å². The number of carbonyl (C=O) groups excluding carboxylic acids is 2. The fourth-order valence-corrected chi connectivity index (χ4v) is 0.800. The molecule has 0 N–H and O–H groups in total. The molecule has 0 aromatic heterocycles. The minimum absolute atomic E-state index is 0.0818. The van der Waals surface area contributed by atoms with Crippen molar-refractivity contribution in [3.05, 3.63) is 52.0 Å². The standard InChI is InChI=1S/2C9H14O2.2ClH.Zr/c2*1-5-8(4)6-11-9(10)7(2)3;;;/h2*8H,1-2,4-6H2,3H3;2*1H;/q2*-2;;;+2/p-2. The van der Waals surface area contributed by atoms with Crippen LogP contribution in [0.25, 0.3) is 0 Å². The molecular formula is C18H28Cl2O4Zr-4. The number of halogens is 2. The van der Waals surface area contributed by atoms with E-state index < -0.39 is 20.8 Å². The molecule has 0 rings (SSSR count). The molecule has 0 aromatic carbocycles. The zero-order valence-electron chi connectivity index (χ0n) is 15.1. The summed E-state index contributed by atoms with van der Waals surface area (Å²) >= 11 is -0.826. The first-order valence-electron chi connectivity index (χ1n) is 7.43. The van der Waals surface area contributed by atoms with Crippen LogP contribution in [0, 0.1) is 39.5 Å². The molecule has 4 nitrogen and oxygen atoms in total. The fourth-order valence-electron chi connectivity index (χ4n) is 0.800. The molecule has 0 aliphatic heterocycles. The molecule has 7 heteroatoms. The topological polar surface area (TPSA) is 52.6 Å². The van der Waals surface area contributed by atoms with E-state index in [9.17, 15) is 9.59 Å². The molecule has 25 heavy (non-hydrogen) atoms. The second-order valence-corrected chi connectivity index (χ2v) is 8.87. The maximum absolute atomic E-state index is 10.8. The van der Waals surface area contributed by atoms with E-state index in [1.807, 2.05) is 0 Å². The Morgan fingerprint density at radius 1 is 0.920 bits per heavy atom. The molecule has 0 saturated carbocycles. The fraction of sp³-hybridized carbons (Fsp3) is 0.444. The van der Waals surface area contributed by atoms with Gasteiger partial charge in [0.05, 0.1) is 13.2 Å². The summed E-state index contributed by atoms with van der Waals surface area (Å²) in [6.45, 7) is 25.5. The Labute approximate surface area is 172 Å². The average molecular weight is 471 g/mol. The van der Waals surface area contributed by atoms with Gasteiger partial charge in [-0.2, -0.15) is 11.8 Å². The molecule has 146 valence electrons. The van der Waals surface area contributed by atoms with Crippen LogP contribution in [0.1, 0.15) is 26.7 Å². The Hall–Kier alpha value is -0.117. The maximum atomic E-state index is 10.8. The van der Waals surface area contributed by atoms with Gasteiger partial charge in [0.1, 0.15) is 0 Å². The van der Waals surface area contributed by atoms with Gasteiger partial charge in [0, 0.05) is 11.1 Å². The average Bonchev–Trinajstić information content (AvgIpc) is 2.57. The van der Waals surface area contributed by atoms with Gasteiger partial charge in [0.15, 0.2) is 0 Å². The monoisotopic (exact) mass is 468 g/mol. The van der Waals surface area contributed by atoms with Crippen LogP contribution in [0.5, 0.6) is 0 Å². The van der Waals surface area contributed by atoms with Crippen LogP contribution in [-0.4, -0.2) is 25.2 Å². The van der Waals surface area contributed by atoms with Crippen molar-refractivity contribution in [3.63, 3.8) is 0 Å². The van der Waals surface area contributed by atoms with Crippen molar-refractivity contribution in [1.82, 2.24) is 0 Å². The summed E-state index contributed by atoms with van der Waals surface area (Å²) in [6, 6.07) is 0. The van der Waals surface area contributed by atoms with Gasteiger partial charge in [-0.15, -0.1) is 0 Å². The molecule has 0 heterocycles. The van der Waals surface area contributed by atoms with Crippen LogP contribution in [0.15, 0.2) is 24.3 Å². The first-order valence-corrected chi connectivity index (χ1v) is 13.8. The summed E-state index contributed by atoms with van der Waals surface area (Å²) in [5.41, 5.74) is 0.836. The van der Waals surface area contributed by atoms with E-state index in [1.54, 1.807) is 13.8 Å². The molecule has 2 unspecified atom stereocenters. The van der Waals surface area contributed by atoms with Crippen LogP contribution in [0.4, 0.5) is 0 Å². The Kier molecular flexibility index (Phi) is 23.9. The van der Waals surface area contributed by atoms with Gasteiger partial charge in [-0.3, -0.25) is 0 Å². The number of rotatable bonds is 8. The Morgan fingerprint density at radius 2 is 1.16 bits per heavy atom. The molecule has 0 radical (unpaired) electrons. The predicted molar refractivity (Wildman–Crippen MR) is 101 cm³/mol. The van der Waals surface area contributed by atoms with Gasteiger partial charge in [-0.1, -0.05) is 13.2 Å². The first kappa shape index (κ1) is 29.6. The predicted octanol–water partition coefficient (Wildman–Crippen LogP) is 4.94. The van der Waals surface area contributed by atoms with Gasteiger partial charge in [-0.05, 0) is 13.8 Å². The van der Waals surface area contributed by atoms with E-state index in [-0.39, 0.29) is 23.8 Å². The third kappa shape index (κ3) is 23.9. The molecule has 0 bridgehead atoms. The number of hydrogen-bond acceptors (Lipinski definition) is 4. The SMILES string of the molecule is C=C(C)C(=O)OCC([CH2-])C[CH2-].C=C(C)C(=O)OCC([CH2-])C[CH2-].[Cl][Zr][Cl]. The number of ether oxygens (including phenoxy) is 2. The second-order valence-electron chi connectivity index (χ2n) is 5.14. The van der Waals surface area contributed by atoms with Crippen LogP contribution in [0.3, 0.4) is 0 Å². The summed E-state index contributed by atoms with van der Waals surface area (Å²) in [6.07, 6.45) is 1.34. The van der Waals surface area contributed by atoms with E-state index in [4.69, 9.17) is 26.5 Å². The number of hydrogen-bond donors (Lipinski definition) is 0. The molecule has 2 atom stereocenters. The van der Waals surface area contributed by atoms with Gasteiger partial charge in [0.25, 0.3) is 0 Å². The van der Waals surface area contributed by atoms with Gasteiger partial charge < -0.3 is 37.2 Å². The second kappa shape index (κ2) is 20.2. The molecule has 0 aromatic rings. The Balaban J connectivity index is -0.000000334. The Bertz CT molecular complexity index is 365. The third-order valence-corrected chi connectivity index (χ3v) is 2.41. The van der Waals surface area contributed by atoms with Crippen LogP contribution in [0.2, 0.25) is 0 Å².